The van der Waals surface area contributed by atoms with Gasteiger partial charge in [0, 0.05) is 13.1 Å². The van der Waals surface area contributed by atoms with E-state index < -0.39 is 0 Å². The number of benzene rings is 2. The van der Waals surface area contributed by atoms with Crippen molar-refractivity contribution in [1.29, 1.82) is 0 Å². The van der Waals surface area contributed by atoms with Crippen LogP contribution in [0.15, 0.2) is 54.6 Å². The number of hydrogen-bond donors (Lipinski definition) is 1. The number of nitrogens with zero attached hydrogens (tertiary/aromatic N) is 8. The molecule has 29 heavy (non-hydrogen) atoms. The number of anilines is 1. The number of aryl methyl sites for hydroxylation is 1. The molecule has 10 nitrogen and oxygen atoms in total. The van der Waals surface area contributed by atoms with E-state index >= 15 is 0 Å². The number of hydrogen-bond acceptors (Lipinski definition) is 8. The van der Waals surface area contributed by atoms with Gasteiger partial charge in [0.1, 0.15) is 5.75 Å². The van der Waals surface area contributed by atoms with Gasteiger partial charge in [-0.2, -0.15) is 4.68 Å². The lowest BCUT2D eigenvalue weighted by molar-refractivity contribution is 0.427. The van der Waals surface area contributed by atoms with E-state index in [1.54, 1.807) is 9.36 Å². The maximum absolute atomic E-state index is 5.91. The first kappa shape index (κ1) is 18.5. The van der Waals surface area contributed by atoms with Crippen molar-refractivity contribution in [3.63, 3.8) is 0 Å². The minimum Gasteiger partial charge on any atom is -0.423 e. The van der Waals surface area contributed by atoms with Gasteiger partial charge in [-0.15, -0.1) is 0 Å². The van der Waals surface area contributed by atoms with E-state index in [1.807, 2.05) is 54.6 Å². The van der Waals surface area contributed by atoms with E-state index in [-0.39, 0.29) is 0 Å². The highest BCUT2D eigenvalue weighted by molar-refractivity contribution is 5.35. The average Bonchev–Trinajstić information content (AvgIpc) is 3.41. The van der Waals surface area contributed by atoms with E-state index in [9.17, 15) is 0 Å². The summed E-state index contributed by atoms with van der Waals surface area (Å²) < 4.78 is 9.24. The molecule has 0 amide bonds. The fourth-order valence-electron chi connectivity index (χ4n) is 2.77. The van der Waals surface area contributed by atoms with E-state index in [0.29, 0.717) is 24.3 Å². The molecule has 0 bridgehead atoms. The van der Waals surface area contributed by atoms with Crippen LogP contribution in [0, 0.1) is 0 Å². The second-order valence-electron chi connectivity index (χ2n) is 6.39. The number of unbranched alkanes of at least 4 members (excludes halogenated alkanes) is 1. The largest absolute Gasteiger partial charge is 0.423 e. The normalized spacial score (nSPS) is 10.8. The standard InChI is InChI=1S/C19H21N9O/c1-2-3-12-27-18(21-23-25-27)20-14-15-8-7-11-17(13-15)29-19-22-24-26-28(19)16-9-5-4-6-10-16/h4-11,13H,2-3,12,14H2,1H3,(H,20,21,25). The van der Waals surface area contributed by atoms with Crippen LogP contribution < -0.4 is 10.1 Å². The van der Waals surface area contributed by atoms with Crippen LogP contribution in [-0.4, -0.2) is 40.4 Å². The summed E-state index contributed by atoms with van der Waals surface area (Å²) in [5, 5.41) is 26.8. The SMILES string of the molecule is CCCCn1nnnc1NCc1cccc(Oc2nnnn2-c2ccccc2)c1. The lowest BCUT2D eigenvalue weighted by Gasteiger charge is -2.09. The first-order valence-corrected chi connectivity index (χ1v) is 9.44. The maximum atomic E-state index is 5.91. The van der Waals surface area contributed by atoms with Crippen LogP contribution in [0.1, 0.15) is 25.3 Å². The summed E-state index contributed by atoms with van der Waals surface area (Å²) in [5.74, 6) is 1.29. The zero-order valence-electron chi connectivity index (χ0n) is 16.0. The first-order valence-electron chi connectivity index (χ1n) is 9.44. The molecule has 0 saturated heterocycles. The van der Waals surface area contributed by atoms with Crippen LogP contribution >= 0.6 is 0 Å². The molecule has 2 heterocycles. The molecular formula is C19H21N9O. The van der Waals surface area contributed by atoms with Gasteiger partial charge in [-0.1, -0.05) is 53.9 Å². The van der Waals surface area contributed by atoms with Crippen LogP contribution in [0.4, 0.5) is 5.95 Å². The van der Waals surface area contributed by atoms with Crippen molar-refractivity contribution in [2.75, 3.05) is 5.32 Å². The van der Waals surface area contributed by atoms with E-state index in [2.05, 4.69) is 43.3 Å². The summed E-state index contributed by atoms with van der Waals surface area (Å²) in [4.78, 5) is 0. The topological polar surface area (TPSA) is 108 Å². The Morgan fingerprint density at radius 1 is 0.966 bits per heavy atom. The molecule has 10 heteroatoms. The Kier molecular flexibility index (Phi) is 5.70. The quantitative estimate of drug-likeness (QED) is 0.464. The zero-order chi connectivity index (χ0) is 19.9. The van der Waals surface area contributed by atoms with E-state index in [1.165, 1.54) is 0 Å². The molecule has 2 aromatic carbocycles. The van der Waals surface area contributed by atoms with Crippen LogP contribution in [0.5, 0.6) is 11.8 Å². The van der Waals surface area contributed by atoms with Gasteiger partial charge < -0.3 is 10.1 Å². The molecule has 0 aliphatic rings. The third-order valence-corrected chi connectivity index (χ3v) is 4.26. The highest BCUT2D eigenvalue weighted by Crippen LogP contribution is 2.22. The number of aromatic nitrogens is 8. The molecule has 0 radical (unpaired) electrons. The molecule has 0 saturated carbocycles. The highest BCUT2D eigenvalue weighted by atomic mass is 16.5. The molecule has 0 spiro atoms. The molecule has 1 N–H and O–H groups in total. The predicted octanol–water partition coefficient (Wildman–Crippen LogP) is 2.85. The third kappa shape index (κ3) is 4.54. The van der Waals surface area contributed by atoms with Gasteiger partial charge in [0.15, 0.2) is 0 Å². The summed E-state index contributed by atoms with van der Waals surface area (Å²) in [6.45, 7) is 3.49. The van der Waals surface area contributed by atoms with Crippen LogP contribution in [0.25, 0.3) is 5.69 Å². The second-order valence-corrected chi connectivity index (χ2v) is 6.39. The Labute approximate surface area is 167 Å². The third-order valence-electron chi connectivity index (χ3n) is 4.26. The highest BCUT2D eigenvalue weighted by Gasteiger charge is 2.11. The van der Waals surface area contributed by atoms with Crippen molar-refractivity contribution in [3.8, 4) is 17.4 Å². The minimum atomic E-state index is 0.296. The summed E-state index contributed by atoms with van der Waals surface area (Å²) in [6, 6.07) is 17.6. The van der Waals surface area contributed by atoms with Crippen LogP contribution in [-0.2, 0) is 13.1 Å². The van der Waals surface area contributed by atoms with Gasteiger partial charge >= 0.3 is 6.01 Å². The lowest BCUT2D eigenvalue weighted by atomic mass is 10.2. The van der Waals surface area contributed by atoms with Crippen molar-refractivity contribution in [2.24, 2.45) is 0 Å². The Hall–Kier alpha value is -3.82. The van der Waals surface area contributed by atoms with Gasteiger partial charge in [-0.05, 0) is 57.1 Å². The van der Waals surface area contributed by atoms with Crippen molar-refractivity contribution < 1.29 is 4.74 Å². The summed E-state index contributed by atoms with van der Waals surface area (Å²) >= 11 is 0. The average molecular weight is 391 g/mol. The fraction of sp³-hybridized carbons (Fsp3) is 0.263. The molecule has 0 fully saturated rings. The van der Waals surface area contributed by atoms with Gasteiger partial charge in [0.2, 0.25) is 5.95 Å². The molecule has 0 atom stereocenters. The maximum Gasteiger partial charge on any atom is 0.345 e. The number of tetrazole rings is 2. The van der Waals surface area contributed by atoms with Crippen molar-refractivity contribution >= 4 is 5.95 Å². The van der Waals surface area contributed by atoms with Gasteiger partial charge in [0.25, 0.3) is 0 Å². The predicted molar refractivity (Wildman–Crippen MR) is 106 cm³/mol. The monoisotopic (exact) mass is 391 g/mol. The Balaban J connectivity index is 1.44. The Morgan fingerprint density at radius 3 is 2.69 bits per heavy atom. The molecule has 4 aromatic rings. The summed E-state index contributed by atoms with van der Waals surface area (Å²) in [7, 11) is 0. The molecule has 0 aliphatic carbocycles. The fourth-order valence-corrected chi connectivity index (χ4v) is 2.77. The molecule has 148 valence electrons. The number of rotatable bonds is 9. The van der Waals surface area contributed by atoms with Gasteiger partial charge in [0.05, 0.1) is 5.69 Å². The van der Waals surface area contributed by atoms with Crippen LogP contribution in [0.2, 0.25) is 0 Å². The number of ether oxygens (including phenoxy) is 1. The molecule has 0 unspecified atom stereocenters. The second kappa shape index (κ2) is 8.91. The van der Waals surface area contributed by atoms with Gasteiger partial charge in [-0.3, -0.25) is 0 Å². The van der Waals surface area contributed by atoms with Crippen molar-refractivity contribution in [1.82, 2.24) is 40.4 Å². The van der Waals surface area contributed by atoms with Gasteiger partial charge in [-0.25, -0.2) is 4.68 Å². The lowest BCUT2D eigenvalue weighted by Crippen LogP contribution is -2.09. The zero-order valence-corrected chi connectivity index (χ0v) is 16.0. The van der Waals surface area contributed by atoms with Crippen LogP contribution in [0.3, 0.4) is 0 Å². The first-order chi connectivity index (χ1) is 14.3. The summed E-state index contributed by atoms with van der Waals surface area (Å²) in [6.07, 6.45) is 2.11. The summed E-state index contributed by atoms with van der Waals surface area (Å²) in [5.41, 5.74) is 1.84. The van der Waals surface area contributed by atoms with Crippen molar-refractivity contribution in [3.05, 3.63) is 60.2 Å². The molecule has 4 rings (SSSR count). The van der Waals surface area contributed by atoms with E-state index in [0.717, 1.165) is 30.6 Å². The Bertz CT molecular complexity index is 1040. The number of para-hydroxylation sites is 1. The number of nitrogens with one attached hydrogen (secondary N) is 1. The molecule has 2 aromatic heterocycles. The van der Waals surface area contributed by atoms with E-state index in [4.69, 9.17) is 4.74 Å². The molecule has 0 aliphatic heterocycles. The Morgan fingerprint density at radius 2 is 1.83 bits per heavy atom. The smallest absolute Gasteiger partial charge is 0.345 e. The van der Waals surface area contributed by atoms with Crippen molar-refractivity contribution in [2.45, 2.75) is 32.9 Å². The molecular weight excluding hydrogens is 370 g/mol. The minimum absolute atomic E-state index is 0.296.